The minimum Gasteiger partial charge on any atom is -0.383 e. The minimum atomic E-state index is 0.532. The van der Waals surface area contributed by atoms with Gasteiger partial charge in [-0.1, -0.05) is 24.3 Å². The van der Waals surface area contributed by atoms with Gasteiger partial charge in [-0.05, 0) is 30.4 Å². The van der Waals surface area contributed by atoms with Crippen LogP contribution in [0, 0.1) is 0 Å². The number of rotatable bonds is 4. The fourth-order valence-electron chi connectivity index (χ4n) is 2.30. The summed E-state index contributed by atoms with van der Waals surface area (Å²) in [4.78, 5) is 0. The summed E-state index contributed by atoms with van der Waals surface area (Å²) in [5.74, 6) is 0. The van der Waals surface area contributed by atoms with Gasteiger partial charge in [-0.2, -0.15) is 0 Å². The van der Waals surface area contributed by atoms with Gasteiger partial charge in [0.05, 0.1) is 6.61 Å². The summed E-state index contributed by atoms with van der Waals surface area (Å²) >= 11 is 0. The van der Waals surface area contributed by atoms with Crippen LogP contribution in [0.15, 0.2) is 24.3 Å². The second-order valence-corrected chi connectivity index (χ2v) is 4.09. The molecule has 0 aliphatic heterocycles. The third-order valence-electron chi connectivity index (χ3n) is 3.07. The van der Waals surface area contributed by atoms with E-state index in [2.05, 4.69) is 29.6 Å². The van der Waals surface area contributed by atoms with Gasteiger partial charge >= 0.3 is 0 Å². The lowest BCUT2D eigenvalue weighted by molar-refractivity contribution is 0.194. The topological polar surface area (TPSA) is 21.3 Å². The van der Waals surface area contributed by atoms with E-state index in [9.17, 15) is 0 Å². The van der Waals surface area contributed by atoms with Crippen molar-refractivity contribution in [3.05, 3.63) is 35.4 Å². The molecule has 1 aliphatic carbocycles. The molecule has 0 radical (unpaired) electrons. The summed E-state index contributed by atoms with van der Waals surface area (Å²) in [7, 11) is 1.75. The van der Waals surface area contributed by atoms with E-state index < -0.39 is 0 Å². The molecule has 0 fully saturated rings. The van der Waals surface area contributed by atoms with Gasteiger partial charge < -0.3 is 10.1 Å². The molecule has 2 nitrogen and oxygen atoms in total. The van der Waals surface area contributed by atoms with Gasteiger partial charge in [0.1, 0.15) is 0 Å². The highest BCUT2D eigenvalue weighted by Gasteiger charge is 2.18. The van der Waals surface area contributed by atoms with Crippen LogP contribution in [0.25, 0.3) is 0 Å². The third kappa shape index (κ3) is 2.58. The van der Waals surface area contributed by atoms with Crippen LogP contribution in [-0.4, -0.2) is 20.3 Å². The maximum Gasteiger partial charge on any atom is 0.0587 e. The average Bonchev–Trinajstić information content (AvgIpc) is 2.30. The Morgan fingerprint density at radius 3 is 3.13 bits per heavy atom. The van der Waals surface area contributed by atoms with Gasteiger partial charge in [-0.25, -0.2) is 0 Å². The van der Waals surface area contributed by atoms with Crippen molar-refractivity contribution in [2.45, 2.75) is 25.3 Å². The van der Waals surface area contributed by atoms with Crippen LogP contribution in [-0.2, 0) is 11.2 Å². The second-order valence-electron chi connectivity index (χ2n) is 4.09. The standard InChI is InChI=1S/C13H19NO/c1-15-10-9-14-13-8-4-6-11-5-2-3-7-12(11)13/h2-3,5,7,13-14H,4,6,8-10H2,1H3. The molecule has 1 atom stereocenters. The summed E-state index contributed by atoms with van der Waals surface area (Å²) in [5, 5.41) is 3.55. The van der Waals surface area contributed by atoms with Crippen LogP contribution in [0.1, 0.15) is 30.0 Å². The highest BCUT2D eigenvalue weighted by atomic mass is 16.5. The van der Waals surface area contributed by atoms with E-state index >= 15 is 0 Å². The third-order valence-corrected chi connectivity index (χ3v) is 3.07. The van der Waals surface area contributed by atoms with Gasteiger partial charge in [-0.15, -0.1) is 0 Å². The zero-order valence-corrected chi connectivity index (χ0v) is 9.33. The SMILES string of the molecule is COCCNC1CCCc2ccccc21. The van der Waals surface area contributed by atoms with Crippen LogP contribution in [0.4, 0.5) is 0 Å². The minimum absolute atomic E-state index is 0.532. The number of hydrogen-bond acceptors (Lipinski definition) is 2. The van der Waals surface area contributed by atoms with Crippen molar-refractivity contribution in [1.29, 1.82) is 0 Å². The normalized spacial score (nSPS) is 19.9. The first kappa shape index (κ1) is 10.7. The smallest absolute Gasteiger partial charge is 0.0587 e. The quantitative estimate of drug-likeness (QED) is 0.762. The van der Waals surface area contributed by atoms with Gasteiger partial charge in [0, 0.05) is 19.7 Å². The first-order valence-electron chi connectivity index (χ1n) is 5.72. The highest BCUT2D eigenvalue weighted by molar-refractivity contribution is 5.32. The summed E-state index contributed by atoms with van der Waals surface area (Å²) in [5.41, 5.74) is 3.00. The van der Waals surface area contributed by atoms with Crippen LogP contribution >= 0.6 is 0 Å². The number of ether oxygens (including phenoxy) is 1. The molecule has 0 saturated carbocycles. The average molecular weight is 205 g/mol. The van der Waals surface area contributed by atoms with Crippen LogP contribution in [0.3, 0.4) is 0 Å². The molecule has 1 aromatic carbocycles. The number of nitrogens with one attached hydrogen (secondary N) is 1. The Balaban J connectivity index is 2.02. The molecule has 0 amide bonds. The summed E-state index contributed by atoms with van der Waals surface area (Å²) in [6.07, 6.45) is 3.78. The number of fused-ring (bicyclic) bond motifs is 1. The van der Waals surface area contributed by atoms with Crippen molar-refractivity contribution in [1.82, 2.24) is 5.32 Å². The van der Waals surface area contributed by atoms with Crippen molar-refractivity contribution in [3.63, 3.8) is 0 Å². The zero-order chi connectivity index (χ0) is 10.5. The van der Waals surface area contributed by atoms with Crippen molar-refractivity contribution < 1.29 is 4.74 Å². The molecule has 2 rings (SSSR count). The van der Waals surface area contributed by atoms with E-state index in [4.69, 9.17) is 4.74 Å². The molecule has 0 bridgehead atoms. The lowest BCUT2D eigenvalue weighted by atomic mass is 9.88. The number of aryl methyl sites for hydroxylation is 1. The van der Waals surface area contributed by atoms with Gasteiger partial charge in [-0.3, -0.25) is 0 Å². The first-order chi connectivity index (χ1) is 7.42. The van der Waals surface area contributed by atoms with E-state index in [1.165, 1.54) is 30.4 Å². The summed E-state index contributed by atoms with van der Waals surface area (Å²) in [6, 6.07) is 9.30. The molecule has 0 spiro atoms. The molecule has 1 N–H and O–H groups in total. The Morgan fingerprint density at radius 2 is 2.27 bits per heavy atom. The molecule has 0 heterocycles. The van der Waals surface area contributed by atoms with Crippen molar-refractivity contribution >= 4 is 0 Å². The Morgan fingerprint density at radius 1 is 1.40 bits per heavy atom. The Labute approximate surface area is 91.6 Å². The van der Waals surface area contributed by atoms with Crippen molar-refractivity contribution in [3.8, 4) is 0 Å². The Kier molecular flexibility index (Phi) is 3.75. The van der Waals surface area contributed by atoms with E-state index in [0.717, 1.165) is 13.2 Å². The molecule has 82 valence electrons. The maximum atomic E-state index is 5.06. The van der Waals surface area contributed by atoms with Crippen molar-refractivity contribution in [2.24, 2.45) is 0 Å². The largest absolute Gasteiger partial charge is 0.383 e. The van der Waals surface area contributed by atoms with E-state index in [0.29, 0.717) is 6.04 Å². The molecular formula is C13H19NO. The maximum absolute atomic E-state index is 5.06. The summed E-state index contributed by atoms with van der Waals surface area (Å²) < 4.78 is 5.06. The number of hydrogen-bond donors (Lipinski definition) is 1. The van der Waals surface area contributed by atoms with Crippen LogP contribution < -0.4 is 5.32 Å². The molecule has 1 aromatic rings. The highest BCUT2D eigenvalue weighted by Crippen LogP contribution is 2.28. The Bertz CT molecular complexity index is 311. The molecule has 2 heteroatoms. The van der Waals surface area contributed by atoms with Gasteiger partial charge in [0.2, 0.25) is 0 Å². The summed E-state index contributed by atoms with van der Waals surface area (Å²) in [6.45, 7) is 1.73. The molecule has 0 aromatic heterocycles. The second kappa shape index (κ2) is 5.29. The molecule has 1 unspecified atom stereocenters. The fourth-order valence-corrected chi connectivity index (χ4v) is 2.30. The van der Waals surface area contributed by atoms with Crippen molar-refractivity contribution in [2.75, 3.05) is 20.3 Å². The van der Waals surface area contributed by atoms with Crippen LogP contribution in [0.2, 0.25) is 0 Å². The lowest BCUT2D eigenvalue weighted by Crippen LogP contribution is -2.27. The molecule has 0 saturated heterocycles. The van der Waals surface area contributed by atoms with E-state index in [1.54, 1.807) is 7.11 Å². The van der Waals surface area contributed by atoms with E-state index in [1.807, 2.05) is 0 Å². The number of methoxy groups -OCH3 is 1. The lowest BCUT2D eigenvalue weighted by Gasteiger charge is -2.26. The molecular weight excluding hydrogens is 186 g/mol. The predicted octanol–water partition coefficient (Wildman–Crippen LogP) is 2.30. The van der Waals surface area contributed by atoms with E-state index in [-0.39, 0.29) is 0 Å². The number of benzene rings is 1. The fraction of sp³-hybridized carbons (Fsp3) is 0.538. The monoisotopic (exact) mass is 205 g/mol. The predicted molar refractivity (Wildman–Crippen MR) is 62.0 cm³/mol. The zero-order valence-electron chi connectivity index (χ0n) is 9.33. The van der Waals surface area contributed by atoms with Gasteiger partial charge in [0.25, 0.3) is 0 Å². The first-order valence-corrected chi connectivity index (χ1v) is 5.72. The van der Waals surface area contributed by atoms with Crippen LogP contribution in [0.5, 0.6) is 0 Å². The molecule has 1 aliphatic rings. The van der Waals surface area contributed by atoms with Gasteiger partial charge in [0.15, 0.2) is 0 Å². The Hall–Kier alpha value is -0.860. The molecule has 15 heavy (non-hydrogen) atoms.